The fourth-order valence-corrected chi connectivity index (χ4v) is 2.49. The van der Waals surface area contributed by atoms with Crippen LogP contribution in [0.15, 0.2) is 16.9 Å². The number of rotatable bonds is 0. The van der Waals surface area contributed by atoms with Crippen LogP contribution in [0.2, 0.25) is 0 Å². The van der Waals surface area contributed by atoms with Crippen molar-refractivity contribution in [3.63, 3.8) is 0 Å². The zero-order valence-corrected chi connectivity index (χ0v) is 9.34. The number of hydrogen-bond acceptors (Lipinski definition) is 2. The molecule has 1 aliphatic rings. The lowest BCUT2D eigenvalue weighted by Crippen LogP contribution is -2.12. The van der Waals surface area contributed by atoms with Crippen LogP contribution in [0.25, 0.3) is 10.9 Å². The summed E-state index contributed by atoms with van der Waals surface area (Å²) in [5, 5.41) is 0.728. The van der Waals surface area contributed by atoms with Crippen LogP contribution in [0.5, 0.6) is 0 Å². The van der Waals surface area contributed by atoms with E-state index >= 15 is 0 Å². The SMILES string of the molecule is Cc1nc2cc3c(cc2c(=O)[nH]1)CCCC3. The smallest absolute Gasteiger partial charge is 0.258 e. The highest BCUT2D eigenvalue weighted by Gasteiger charge is 2.12. The van der Waals surface area contributed by atoms with Crippen molar-refractivity contribution in [2.75, 3.05) is 0 Å². The van der Waals surface area contributed by atoms with E-state index in [1.807, 2.05) is 13.0 Å². The van der Waals surface area contributed by atoms with Crippen LogP contribution in [-0.2, 0) is 12.8 Å². The number of H-pyrrole nitrogens is 1. The molecule has 1 aliphatic carbocycles. The number of fused-ring (bicyclic) bond motifs is 2. The Bertz CT molecular complexity index is 613. The maximum absolute atomic E-state index is 11.8. The average molecular weight is 214 g/mol. The lowest BCUT2D eigenvalue weighted by Gasteiger charge is -2.15. The Morgan fingerprint density at radius 2 is 1.88 bits per heavy atom. The molecule has 0 saturated carbocycles. The predicted molar refractivity (Wildman–Crippen MR) is 63.7 cm³/mol. The van der Waals surface area contributed by atoms with Gasteiger partial charge in [-0.3, -0.25) is 4.79 Å². The van der Waals surface area contributed by atoms with Gasteiger partial charge in [-0.2, -0.15) is 0 Å². The Hall–Kier alpha value is -1.64. The van der Waals surface area contributed by atoms with Crippen LogP contribution in [0, 0.1) is 6.92 Å². The molecule has 3 nitrogen and oxygen atoms in total. The van der Waals surface area contributed by atoms with Gasteiger partial charge in [-0.25, -0.2) is 4.98 Å². The summed E-state index contributed by atoms with van der Waals surface area (Å²) < 4.78 is 0. The van der Waals surface area contributed by atoms with Crippen molar-refractivity contribution in [1.29, 1.82) is 0 Å². The van der Waals surface area contributed by atoms with Crippen LogP contribution in [0.4, 0.5) is 0 Å². The molecule has 3 rings (SSSR count). The van der Waals surface area contributed by atoms with E-state index in [9.17, 15) is 4.79 Å². The van der Waals surface area contributed by atoms with Crippen LogP contribution < -0.4 is 5.56 Å². The number of aromatic nitrogens is 2. The number of nitrogens with one attached hydrogen (secondary N) is 1. The maximum Gasteiger partial charge on any atom is 0.258 e. The Balaban J connectivity index is 2.35. The number of aryl methyl sites for hydroxylation is 3. The van der Waals surface area contributed by atoms with Crippen LogP contribution in [-0.4, -0.2) is 9.97 Å². The van der Waals surface area contributed by atoms with Gasteiger partial charge in [0.2, 0.25) is 0 Å². The Kier molecular flexibility index (Phi) is 2.06. The molecule has 1 heterocycles. The van der Waals surface area contributed by atoms with Crippen LogP contribution >= 0.6 is 0 Å². The number of hydrogen-bond donors (Lipinski definition) is 1. The summed E-state index contributed by atoms with van der Waals surface area (Å²) in [4.78, 5) is 18.9. The number of benzene rings is 1. The van der Waals surface area contributed by atoms with Crippen molar-refractivity contribution in [3.05, 3.63) is 39.4 Å². The predicted octanol–water partition coefficient (Wildman–Crippen LogP) is 2.11. The Labute approximate surface area is 93.5 Å². The topological polar surface area (TPSA) is 45.8 Å². The minimum absolute atomic E-state index is 0.0177. The third kappa shape index (κ3) is 1.43. The fourth-order valence-electron chi connectivity index (χ4n) is 2.49. The lowest BCUT2D eigenvalue weighted by molar-refractivity contribution is 0.686. The molecule has 0 unspecified atom stereocenters. The summed E-state index contributed by atoms with van der Waals surface area (Å²) in [6.45, 7) is 1.82. The van der Waals surface area contributed by atoms with Gasteiger partial charge in [0.25, 0.3) is 5.56 Å². The van der Waals surface area contributed by atoms with Gasteiger partial charge in [0.15, 0.2) is 0 Å². The monoisotopic (exact) mass is 214 g/mol. The standard InChI is InChI=1S/C13H14N2O/c1-8-14-12-7-10-5-3-2-4-9(10)6-11(12)13(16)15-8/h6-7H,2-5H2,1H3,(H,14,15,16). The van der Waals surface area contributed by atoms with Crippen LogP contribution in [0.1, 0.15) is 29.8 Å². The van der Waals surface area contributed by atoms with E-state index in [1.54, 1.807) is 0 Å². The van der Waals surface area contributed by atoms with Crippen molar-refractivity contribution < 1.29 is 0 Å². The summed E-state index contributed by atoms with van der Waals surface area (Å²) in [6, 6.07) is 4.11. The summed E-state index contributed by atoms with van der Waals surface area (Å²) in [5.74, 6) is 0.688. The second-order valence-electron chi connectivity index (χ2n) is 4.50. The zero-order valence-electron chi connectivity index (χ0n) is 9.34. The first kappa shape index (κ1) is 9.58. The molecule has 0 saturated heterocycles. The van der Waals surface area contributed by atoms with Crippen molar-refractivity contribution >= 4 is 10.9 Å². The zero-order chi connectivity index (χ0) is 11.1. The van der Waals surface area contributed by atoms with Crippen molar-refractivity contribution in [1.82, 2.24) is 9.97 Å². The van der Waals surface area contributed by atoms with E-state index in [0.717, 1.165) is 23.7 Å². The second kappa shape index (κ2) is 3.44. The van der Waals surface area contributed by atoms with Crippen LogP contribution in [0.3, 0.4) is 0 Å². The van der Waals surface area contributed by atoms with Gasteiger partial charge in [-0.05, 0) is 55.9 Å². The van der Waals surface area contributed by atoms with E-state index in [0.29, 0.717) is 5.82 Å². The Morgan fingerprint density at radius 3 is 2.62 bits per heavy atom. The largest absolute Gasteiger partial charge is 0.310 e. The first-order valence-corrected chi connectivity index (χ1v) is 5.76. The van der Waals surface area contributed by atoms with Gasteiger partial charge in [0.05, 0.1) is 10.9 Å². The van der Waals surface area contributed by atoms with Gasteiger partial charge >= 0.3 is 0 Å². The van der Waals surface area contributed by atoms with Gasteiger partial charge < -0.3 is 4.98 Å². The molecule has 1 aromatic heterocycles. The fraction of sp³-hybridized carbons (Fsp3) is 0.385. The van der Waals surface area contributed by atoms with Gasteiger partial charge in [0.1, 0.15) is 5.82 Å². The minimum Gasteiger partial charge on any atom is -0.310 e. The maximum atomic E-state index is 11.8. The molecule has 1 aromatic carbocycles. The second-order valence-corrected chi connectivity index (χ2v) is 4.50. The van der Waals surface area contributed by atoms with Crippen molar-refractivity contribution in [2.45, 2.75) is 32.6 Å². The molecule has 0 atom stereocenters. The summed E-state index contributed by atoms with van der Waals surface area (Å²) in [7, 11) is 0. The lowest BCUT2D eigenvalue weighted by atomic mass is 9.90. The normalized spacial score (nSPS) is 15.1. The van der Waals surface area contributed by atoms with E-state index < -0.39 is 0 Å². The average Bonchev–Trinajstić information content (AvgIpc) is 2.27. The minimum atomic E-state index is -0.0177. The summed E-state index contributed by atoms with van der Waals surface area (Å²) >= 11 is 0. The first-order chi connectivity index (χ1) is 7.74. The van der Waals surface area contributed by atoms with E-state index in [-0.39, 0.29) is 5.56 Å². The molecular weight excluding hydrogens is 200 g/mol. The Morgan fingerprint density at radius 1 is 1.19 bits per heavy atom. The molecule has 82 valence electrons. The molecule has 1 N–H and O–H groups in total. The highest BCUT2D eigenvalue weighted by atomic mass is 16.1. The van der Waals surface area contributed by atoms with Gasteiger partial charge in [0, 0.05) is 0 Å². The van der Waals surface area contributed by atoms with Gasteiger partial charge in [-0.1, -0.05) is 0 Å². The number of nitrogens with zero attached hydrogens (tertiary/aromatic N) is 1. The molecule has 0 spiro atoms. The van der Waals surface area contributed by atoms with Crippen molar-refractivity contribution in [3.8, 4) is 0 Å². The molecule has 16 heavy (non-hydrogen) atoms. The third-order valence-corrected chi connectivity index (χ3v) is 3.29. The highest BCUT2D eigenvalue weighted by molar-refractivity contribution is 5.79. The number of aromatic amines is 1. The van der Waals surface area contributed by atoms with E-state index in [4.69, 9.17) is 0 Å². The molecule has 0 aliphatic heterocycles. The molecule has 3 heteroatoms. The molecule has 0 radical (unpaired) electrons. The molecule has 0 amide bonds. The third-order valence-electron chi connectivity index (χ3n) is 3.29. The quantitative estimate of drug-likeness (QED) is 0.730. The van der Waals surface area contributed by atoms with E-state index in [2.05, 4.69) is 16.0 Å². The molecule has 0 bridgehead atoms. The highest BCUT2D eigenvalue weighted by Crippen LogP contribution is 2.24. The first-order valence-electron chi connectivity index (χ1n) is 5.76. The van der Waals surface area contributed by atoms with Gasteiger partial charge in [-0.15, -0.1) is 0 Å². The summed E-state index contributed by atoms with van der Waals surface area (Å²) in [6.07, 6.45) is 4.70. The molecule has 0 fully saturated rings. The van der Waals surface area contributed by atoms with Crippen molar-refractivity contribution in [2.24, 2.45) is 0 Å². The van der Waals surface area contributed by atoms with E-state index in [1.165, 1.54) is 24.0 Å². The summed E-state index contributed by atoms with van der Waals surface area (Å²) in [5.41, 5.74) is 3.52. The molecular formula is C13H14N2O. The molecule has 2 aromatic rings.